The minimum absolute atomic E-state index is 0.106. The van der Waals surface area contributed by atoms with Gasteiger partial charge in [-0.05, 0) is 49.0 Å². The third-order valence-corrected chi connectivity index (χ3v) is 6.48. The van der Waals surface area contributed by atoms with E-state index in [0.717, 1.165) is 37.7 Å². The molecule has 0 radical (unpaired) electrons. The van der Waals surface area contributed by atoms with Crippen LogP contribution in [-0.2, 0) is 22.7 Å². The Morgan fingerprint density at radius 1 is 1.15 bits per heavy atom. The van der Waals surface area contributed by atoms with E-state index in [9.17, 15) is 14.4 Å². The molecule has 3 saturated heterocycles. The number of nitrogens with one attached hydrogen (secondary N) is 2. The molecular weight excluding hydrogens is 344 g/mol. The molecule has 1 aromatic rings. The number of fused-ring (bicyclic) bond motifs is 2. The van der Waals surface area contributed by atoms with Crippen LogP contribution in [0, 0.1) is 5.92 Å². The molecule has 2 N–H and O–H groups in total. The molecule has 0 bridgehead atoms. The second kappa shape index (κ2) is 6.42. The van der Waals surface area contributed by atoms with E-state index in [4.69, 9.17) is 0 Å². The Morgan fingerprint density at radius 2 is 2.04 bits per heavy atom. The molecule has 1 aromatic carbocycles. The fourth-order valence-electron chi connectivity index (χ4n) is 4.81. The van der Waals surface area contributed by atoms with Gasteiger partial charge in [0.2, 0.25) is 11.8 Å². The largest absolute Gasteiger partial charge is 0.322 e. The summed E-state index contributed by atoms with van der Waals surface area (Å²) in [7, 11) is 0. The van der Waals surface area contributed by atoms with Crippen molar-refractivity contribution in [2.45, 2.75) is 44.4 Å². The van der Waals surface area contributed by atoms with E-state index in [0.29, 0.717) is 24.6 Å². The second-order valence-electron chi connectivity index (χ2n) is 8.19. The zero-order valence-corrected chi connectivity index (χ0v) is 15.2. The molecule has 5 rings (SSSR count). The summed E-state index contributed by atoms with van der Waals surface area (Å²) < 4.78 is 0. The maximum Gasteiger partial charge on any atom is 0.255 e. The fourth-order valence-corrected chi connectivity index (χ4v) is 4.81. The molecule has 3 amide bonds. The van der Waals surface area contributed by atoms with Crippen molar-refractivity contribution in [3.8, 4) is 0 Å². The first-order chi connectivity index (χ1) is 13.1. The molecule has 3 unspecified atom stereocenters. The summed E-state index contributed by atoms with van der Waals surface area (Å²) >= 11 is 0. The van der Waals surface area contributed by atoms with Crippen molar-refractivity contribution in [2.75, 3.05) is 19.6 Å². The van der Waals surface area contributed by atoms with Crippen molar-refractivity contribution < 1.29 is 14.4 Å². The highest BCUT2D eigenvalue weighted by Crippen LogP contribution is 2.29. The number of piperidine rings is 2. The van der Waals surface area contributed by atoms with Crippen molar-refractivity contribution in [1.82, 2.24) is 20.4 Å². The smallest absolute Gasteiger partial charge is 0.255 e. The van der Waals surface area contributed by atoms with E-state index in [-0.39, 0.29) is 24.1 Å². The van der Waals surface area contributed by atoms with Gasteiger partial charge in [-0.1, -0.05) is 12.1 Å². The lowest BCUT2D eigenvalue weighted by Gasteiger charge is -2.46. The zero-order valence-electron chi connectivity index (χ0n) is 15.2. The first-order valence-electron chi connectivity index (χ1n) is 9.81. The van der Waals surface area contributed by atoms with Crippen LogP contribution in [0.15, 0.2) is 18.2 Å². The summed E-state index contributed by atoms with van der Waals surface area (Å²) in [6.07, 6.45) is 1.94. The van der Waals surface area contributed by atoms with E-state index in [1.54, 1.807) is 4.90 Å². The quantitative estimate of drug-likeness (QED) is 0.747. The number of imide groups is 1. The molecule has 0 aromatic heterocycles. The molecule has 4 aliphatic heterocycles. The summed E-state index contributed by atoms with van der Waals surface area (Å²) in [5, 5.41) is 5.85. The van der Waals surface area contributed by atoms with Crippen LogP contribution in [0.1, 0.15) is 40.7 Å². The van der Waals surface area contributed by atoms with E-state index in [1.165, 1.54) is 12.0 Å². The van der Waals surface area contributed by atoms with Gasteiger partial charge in [0.15, 0.2) is 0 Å². The SMILES string of the molecule is O=C1CCC(N2Cc3cc(CN4CCC5CNC5C4)ccc3C2=O)C(=O)N1. The third kappa shape index (κ3) is 2.95. The number of amides is 3. The highest BCUT2D eigenvalue weighted by atomic mass is 16.2. The number of carbonyl (C=O) groups excluding carboxylic acids is 3. The number of carbonyl (C=O) groups is 3. The van der Waals surface area contributed by atoms with Gasteiger partial charge in [-0.2, -0.15) is 0 Å². The summed E-state index contributed by atoms with van der Waals surface area (Å²) in [6.45, 7) is 4.71. The summed E-state index contributed by atoms with van der Waals surface area (Å²) in [6, 6.07) is 6.13. The summed E-state index contributed by atoms with van der Waals surface area (Å²) in [5.74, 6) is 0.127. The predicted molar refractivity (Wildman–Crippen MR) is 97.7 cm³/mol. The standard InChI is InChI=1S/C20H24N4O3/c25-18-4-3-17(19(26)22-18)24-10-14-7-12(1-2-15(14)20(24)27)9-23-6-5-13-8-21-16(13)11-23/h1-2,7,13,16-17,21H,3-6,8-11H2,(H,22,25,26). The third-order valence-electron chi connectivity index (χ3n) is 6.48. The van der Waals surface area contributed by atoms with Crippen LogP contribution >= 0.6 is 0 Å². The maximum absolute atomic E-state index is 12.8. The second-order valence-corrected chi connectivity index (χ2v) is 8.19. The molecule has 7 heteroatoms. The molecule has 0 saturated carbocycles. The predicted octanol–water partition coefficient (Wildman–Crippen LogP) is 0.241. The highest BCUT2D eigenvalue weighted by molar-refractivity contribution is 6.05. The van der Waals surface area contributed by atoms with Gasteiger partial charge in [0.05, 0.1) is 0 Å². The number of rotatable bonds is 3. The Kier molecular flexibility index (Phi) is 4.02. The van der Waals surface area contributed by atoms with Crippen LogP contribution in [0.4, 0.5) is 0 Å². The van der Waals surface area contributed by atoms with Crippen molar-refractivity contribution in [3.63, 3.8) is 0 Å². The molecule has 0 spiro atoms. The van der Waals surface area contributed by atoms with Gasteiger partial charge in [-0.15, -0.1) is 0 Å². The Balaban J connectivity index is 1.29. The van der Waals surface area contributed by atoms with Crippen molar-refractivity contribution >= 4 is 17.7 Å². The monoisotopic (exact) mass is 368 g/mol. The number of benzene rings is 1. The molecule has 3 fully saturated rings. The average molecular weight is 368 g/mol. The lowest BCUT2D eigenvalue weighted by molar-refractivity contribution is -0.136. The van der Waals surface area contributed by atoms with Crippen LogP contribution < -0.4 is 10.6 Å². The molecule has 27 heavy (non-hydrogen) atoms. The van der Waals surface area contributed by atoms with Crippen molar-refractivity contribution in [1.29, 1.82) is 0 Å². The topological polar surface area (TPSA) is 81.8 Å². The number of likely N-dealkylation sites (tertiary alicyclic amines) is 1. The van der Waals surface area contributed by atoms with E-state index in [2.05, 4.69) is 21.6 Å². The Morgan fingerprint density at radius 3 is 2.78 bits per heavy atom. The Bertz CT molecular complexity index is 823. The molecule has 142 valence electrons. The van der Waals surface area contributed by atoms with Crippen LogP contribution in [-0.4, -0.2) is 59.2 Å². The van der Waals surface area contributed by atoms with Gasteiger partial charge in [-0.25, -0.2) is 0 Å². The summed E-state index contributed by atoms with van der Waals surface area (Å²) in [4.78, 5) is 40.4. The van der Waals surface area contributed by atoms with Gasteiger partial charge >= 0.3 is 0 Å². The van der Waals surface area contributed by atoms with Crippen molar-refractivity contribution in [2.24, 2.45) is 5.92 Å². The Hall–Kier alpha value is -2.25. The van der Waals surface area contributed by atoms with Crippen LogP contribution in [0.5, 0.6) is 0 Å². The zero-order chi connectivity index (χ0) is 18.5. The van der Waals surface area contributed by atoms with E-state index in [1.807, 2.05) is 12.1 Å². The van der Waals surface area contributed by atoms with Crippen LogP contribution in [0.3, 0.4) is 0 Å². The summed E-state index contributed by atoms with van der Waals surface area (Å²) in [5.41, 5.74) is 2.88. The van der Waals surface area contributed by atoms with Crippen molar-refractivity contribution in [3.05, 3.63) is 34.9 Å². The maximum atomic E-state index is 12.8. The minimum Gasteiger partial charge on any atom is -0.322 e. The highest BCUT2D eigenvalue weighted by Gasteiger charge is 2.39. The van der Waals surface area contributed by atoms with Gasteiger partial charge in [-0.3, -0.25) is 24.6 Å². The van der Waals surface area contributed by atoms with E-state index >= 15 is 0 Å². The number of hydrogen-bond acceptors (Lipinski definition) is 5. The Labute approximate surface area is 158 Å². The lowest BCUT2D eigenvalue weighted by atomic mass is 9.85. The van der Waals surface area contributed by atoms with Gasteiger partial charge < -0.3 is 10.2 Å². The van der Waals surface area contributed by atoms with E-state index < -0.39 is 6.04 Å². The molecule has 7 nitrogen and oxygen atoms in total. The van der Waals surface area contributed by atoms with Gasteiger partial charge in [0.1, 0.15) is 6.04 Å². The molecular formula is C20H24N4O3. The van der Waals surface area contributed by atoms with Gasteiger partial charge in [0, 0.05) is 37.7 Å². The first kappa shape index (κ1) is 16.9. The fraction of sp³-hybridized carbons (Fsp3) is 0.550. The minimum atomic E-state index is -0.547. The molecule has 4 heterocycles. The van der Waals surface area contributed by atoms with Crippen LogP contribution in [0.25, 0.3) is 0 Å². The van der Waals surface area contributed by atoms with Crippen LogP contribution in [0.2, 0.25) is 0 Å². The first-order valence-corrected chi connectivity index (χ1v) is 9.81. The molecule has 0 aliphatic carbocycles. The molecule has 4 aliphatic rings. The number of nitrogens with zero attached hydrogens (tertiary/aromatic N) is 2. The normalized spacial score (nSPS) is 30.6. The van der Waals surface area contributed by atoms with Gasteiger partial charge in [0.25, 0.3) is 5.91 Å². The average Bonchev–Trinajstić information content (AvgIpc) is 2.93. The lowest BCUT2D eigenvalue weighted by Crippen LogP contribution is -2.61. The molecule has 3 atom stereocenters. The number of hydrogen-bond donors (Lipinski definition) is 2.